The highest BCUT2D eigenvalue weighted by Gasteiger charge is 2.16. The van der Waals surface area contributed by atoms with Gasteiger partial charge in [0.25, 0.3) is 0 Å². The van der Waals surface area contributed by atoms with E-state index in [0.29, 0.717) is 20.8 Å². The third-order valence-electron chi connectivity index (χ3n) is 3.60. The van der Waals surface area contributed by atoms with Crippen molar-refractivity contribution in [3.63, 3.8) is 0 Å². The van der Waals surface area contributed by atoms with Crippen LogP contribution in [0, 0.1) is 6.92 Å². The first-order valence-electron chi connectivity index (χ1n) is 7.57. The Labute approximate surface area is 161 Å². The number of hydrogen-bond donors (Lipinski definition) is 1. The highest BCUT2D eigenvalue weighted by atomic mass is 35.5. The minimum Gasteiger partial charge on any atom is -0.326 e. The first-order valence-corrected chi connectivity index (χ1v) is 8.70. The second-order valence-electron chi connectivity index (χ2n) is 5.53. The molecule has 132 valence electrons. The summed E-state index contributed by atoms with van der Waals surface area (Å²) < 4.78 is 0. The van der Waals surface area contributed by atoms with Gasteiger partial charge in [0.2, 0.25) is 11.8 Å². The minimum absolute atomic E-state index is 0.141. The van der Waals surface area contributed by atoms with E-state index >= 15 is 0 Å². The van der Waals surface area contributed by atoms with E-state index in [2.05, 4.69) is 5.32 Å². The SMILES string of the molecule is CC(=O)N(CCC(=O)Nc1ccc(Cl)c(Cl)c1)c1ccc(Cl)cc1C. The lowest BCUT2D eigenvalue weighted by Gasteiger charge is -2.23. The summed E-state index contributed by atoms with van der Waals surface area (Å²) in [7, 11) is 0. The van der Waals surface area contributed by atoms with Crippen LogP contribution in [0.15, 0.2) is 36.4 Å². The van der Waals surface area contributed by atoms with Gasteiger partial charge in [0, 0.05) is 36.3 Å². The summed E-state index contributed by atoms with van der Waals surface area (Å²) in [4.78, 5) is 25.7. The summed E-state index contributed by atoms with van der Waals surface area (Å²) in [5, 5.41) is 4.12. The Bertz CT molecular complexity index is 809. The first kappa shape index (κ1) is 19.6. The van der Waals surface area contributed by atoms with Gasteiger partial charge in [-0.1, -0.05) is 34.8 Å². The zero-order valence-corrected chi connectivity index (χ0v) is 16.0. The molecule has 0 radical (unpaired) electrons. The normalized spacial score (nSPS) is 10.4. The zero-order valence-electron chi connectivity index (χ0n) is 13.8. The standard InChI is InChI=1S/C18H17Cl3N2O2/c1-11-9-13(19)3-6-17(11)23(12(2)24)8-7-18(25)22-14-4-5-15(20)16(21)10-14/h3-6,9-10H,7-8H2,1-2H3,(H,22,25). The molecule has 2 rings (SSSR count). The van der Waals surface area contributed by atoms with E-state index in [9.17, 15) is 9.59 Å². The van der Waals surface area contributed by atoms with Gasteiger partial charge < -0.3 is 10.2 Å². The predicted octanol–water partition coefficient (Wildman–Crippen LogP) is 5.34. The molecular weight excluding hydrogens is 383 g/mol. The molecule has 0 atom stereocenters. The Hall–Kier alpha value is -1.75. The van der Waals surface area contributed by atoms with Crippen LogP contribution in [-0.4, -0.2) is 18.4 Å². The van der Waals surface area contributed by atoms with Crippen molar-refractivity contribution in [1.82, 2.24) is 0 Å². The molecule has 1 N–H and O–H groups in total. The van der Waals surface area contributed by atoms with Gasteiger partial charge >= 0.3 is 0 Å². The summed E-state index contributed by atoms with van der Waals surface area (Å²) in [6.45, 7) is 3.59. The molecule has 2 aromatic rings. The van der Waals surface area contributed by atoms with Gasteiger partial charge in [0.1, 0.15) is 0 Å². The van der Waals surface area contributed by atoms with Crippen LogP contribution in [0.5, 0.6) is 0 Å². The fourth-order valence-electron chi connectivity index (χ4n) is 2.38. The molecule has 25 heavy (non-hydrogen) atoms. The zero-order chi connectivity index (χ0) is 18.6. The van der Waals surface area contributed by atoms with E-state index in [1.165, 1.54) is 6.92 Å². The van der Waals surface area contributed by atoms with Gasteiger partial charge in [-0.05, 0) is 48.9 Å². The first-order chi connectivity index (χ1) is 11.8. The molecule has 0 fully saturated rings. The Balaban J connectivity index is 2.04. The molecule has 0 unspecified atom stereocenters. The lowest BCUT2D eigenvalue weighted by Crippen LogP contribution is -2.32. The molecule has 7 heteroatoms. The molecule has 0 aliphatic rings. The fourth-order valence-corrected chi connectivity index (χ4v) is 2.90. The average molecular weight is 400 g/mol. The van der Waals surface area contributed by atoms with E-state index in [0.717, 1.165) is 11.3 Å². The van der Waals surface area contributed by atoms with Gasteiger partial charge in [-0.2, -0.15) is 0 Å². The number of carbonyl (C=O) groups excluding carboxylic acids is 2. The number of benzene rings is 2. The van der Waals surface area contributed by atoms with E-state index in [4.69, 9.17) is 34.8 Å². The van der Waals surface area contributed by atoms with Crippen molar-refractivity contribution in [2.45, 2.75) is 20.3 Å². The molecule has 0 aliphatic heterocycles. The second-order valence-corrected chi connectivity index (χ2v) is 6.78. The third-order valence-corrected chi connectivity index (χ3v) is 4.57. The van der Waals surface area contributed by atoms with Gasteiger partial charge in [0.05, 0.1) is 10.0 Å². The number of amides is 2. The third kappa shape index (κ3) is 5.36. The highest BCUT2D eigenvalue weighted by molar-refractivity contribution is 6.42. The van der Waals surface area contributed by atoms with Crippen LogP contribution in [0.2, 0.25) is 15.1 Å². The van der Waals surface area contributed by atoms with Crippen LogP contribution in [-0.2, 0) is 9.59 Å². The molecule has 0 spiro atoms. The number of rotatable bonds is 5. The highest BCUT2D eigenvalue weighted by Crippen LogP contribution is 2.26. The summed E-state index contributed by atoms with van der Waals surface area (Å²) in [5.74, 6) is -0.371. The summed E-state index contributed by atoms with van der Waals surface area (Å²) in [5.41, 5.74) is 2.16. The van der Waals surface area contributed by atoms with Crippen molar-refractivity contribution in [2.75, 3.05) is 16.8 Å². The van der Waals surface area contributed by atoms with Crippen molar-refractivity contribution in [3.8, 4) is 0 Å². The molecule has 4 nitrogen and oxygen atoms in total. The Morgan fingerprint density at radius 2 is 1.76 bits per heavy atom. The number of nitrogens with one attached hydrogen (secondary N) is 1. The van der Waals surface area contributed by atoms with E-state index in [1.807, 2.05) is 6.92 Å². The topological polar surface area (TPSA) is 49.4 Å². The monoisotopic (exact) mass is 398 g/mol. The number of hydrogen-bond acceptors (Lipinski definition) is 2. The summed E-state index contributed by atoms with van der Waals surface area (Å²) in [6.07, 6.45) is 0.141. The van der Waals surface area contributed by atoms with Crippen LogP contribution >= 0.6 is 34.8 Å². The Kier molecular flexibility index (Phi) is 6.71. The van der Waals surface area contributed by atoms with Gasteiger partial charge in [0.15, 0.2) is 0 Å². The van der Waals surface area contributed by atoms with Crippen molar-refractivity contribution >= 4 is 58.0 Å². The smallest absolute Gasteiger partial charge is 0.226 e. The van der Waals surface area contributed by atoms with Crippen LogP contribution < -0.4 is 10.2 Å². The van der Waals surface area contributed by atoms with Crippen LogP contribution in [0.4, 0.5) is 11.4 Å². The number of aryl methyl sites for hydroxylation is 1. The molecule has 0 saturated carbocycles. The van der Waals surface area contributed by atoms with Crippen LogP contribution in [0.3, 0.4) is 0 Å². The molecule has 0 aromatic heterocycles. The van der Waals surface area contributed by atoms with E-state index in [-0.39, 0.29) is 24.8 Å². The number of anilines is 2. The second kappa shape index (κ2) is 8.56. The van der Waals surface area contributed by atoms with Crippen LogP contribution in [0.25, 0.3) is 0 Å². The Morgan fingerprint density at radius 1 is 1.04 bits per heavy atom. The van der Waals surface area contributed by atoms with Crippen molar-refractivity contribution in [1.29, 1.82) is 0 Å². The van der Waals surface area contributed by atoms with Crippen molar-refractivity contribution in [2.24, 2.45) is 0 Å². The molecule has 0 bridgehead atoms. The van der Waals surface area contributed by atoms with E-state index in [1.54, 1.807) is 41.3 Å². The average Bonchev–Trinajstić information content (AvgIpc) is 2.52. The maximum Gasteiger partial charge on any atom is 0.226 e. The maximum atomic E-state index is 12.2. The van der Waals surface area contributed by atoms with Crippen molar-refractivity contribution in [3.05, 3.63) is 57.0 Å². The summed E-state index contributed by atoms with van der Waals surface area (Å²) >= 11 is 17.7. The molecule has 2 amide bonds. The number of carbonyl (C=O) groups is 2. The quantitative estimate of drug-likeness (QED) is 0.738. The maximum absolute atomic E-state index is 12.2. The lowest BCUT2D eigenvalue weighted by atomic mass is 10.1. The number of nitrogens with zero attached hydrogens (tertiary/aromatic N) is 1. The summed E-state index contributed by atoms with van der Waals surface area (Å²) in [6, 6.07) is 10.1. The Morgan fingerprint density at radius 3 is 2.36 bits per heavy atom. The van der Waals surface area contributed by atoms with E-state index < -0.39 is 0 Å². The largest absolute Gasteiger partial charge is 0.326 e. The molecule has 2 aromatic carbocycles. The predicted molar refractivity (Wildman–Crippen MR) is 104 cm³/mol. The van der Waals surface area contributed by atoms with Gasteiger partial charge in [-0.3, -0.25) is 9.59 Å². The fraction of sp³-hybridized carbons (Fsp3) is 0.222. The van der Waals surface area contributed by atoms with Crippen LogP contribution in [0.1, 0.15) is 18.9 Å². The number of halogens is 3. The molecule has 0 saturated heterocycles. The lowest BCUT2D eigenvalue weighted by molar-refractivity contribution is -0.117. The van der Waals surface area contributed by atoms with Crippen molar-refractivity contribution < 1.29 is 9.59 Å². The van der Waals surface area contributed by atoms with Gasteiger partial charge in [-0.25, -0.2) is 0 Å². The molecule has 0 aliphatic carbocycles. The molecule has 0 heterocycles. The molecular formula is C18H17Cl3N2O2. The minimum atomic E-state index is -0.226. The van der Waals surface area contributed by atoms with Gasteiger partial charge in [-0.15, -0.1) is 0 Å².